The van der Waals surface area contributed by atoms with Gasteiger partial charge in [-0.2, -0.15) is 5.10 Å². The molecule has 0 radical (unpaired) electrons. The van der Waals surface area contributed by atoms with Crippen LogP contribution in [0.3, 0.4) is 0 Å². The number of ether oxygens (including phenoxy) is 1. The maximum Gasteiger partial charge on any atom is 0.138 e. The third-order valence-corrected chi connectivity index (χ3v) is 7.96. The third kappa shape index (κ3) is 3.45. The maximum atomic E-state index is 13.8. The Bertz CT molecular complexity index is 1170. The number of allylic oxidation sites excluding steroid dienone is 1. The van der Waals surface area contributed by atoms with Crippen LogP contribution in [-0.4, -0.2) is 52.1 Å². The van der Waals surface area contributed by atoms with Crippen molar-refractivity contribution in [2.24, 2.45) is 15.8 Å². The van der Waals surface area contributed by atoms with Gasteiger partial charge in [-0.3, -0.25) is 4.99 Å². The van der Waals surface area contributed by atoms with Gasteiger partial charge < -0.3 is 14.9 Å². The second-order valence-corrected chi connectivity index (χ2v) is 9.61. The molecule has 1 unspecified atom stereocenters. The fourth-order valence-electron chi connectivity index (χ4n) is 5.97. The Balaban J connectivity index is 1.48. The Morgan fingerprint density at radius 2 is 2.18 bits per heavy atom. The van der Waals surface area contributed by atoms with Crippen molar-refractivity contribution >= 4 is 11.8 Å². The van der Waals surface area contributed by atoms with Gasteiger partial charge >= 0.3 is 0 Å². The van der Waals surface area contributed by atoms with Gasteiger partial charge in [-0.05, 0) is 68.0 Å². The van der Waals surface area contributed by atoms with E-state index in [2.05, 4.69) is 23.1 Å². The van der Waals surface area contributed by atoms with Crippen LogP contribution >= 0.6 is 0 Å². The number of aliphatic imine (C=N–C) groups is 1. The molecule has 3 aliphatic rings. The zero-order valence-electron chi connectivity index (χ0n) is 19.1. The summed E-state index contributed by atoms with van der Waals surface area (Å²) in [6.07, 6.45) is 8.67. The summed E-state index contributed by atoms with van der Waals surface area (Å²) < 4.78 is 21.0. The molecule has 6 nitrogen and oxygen atoms in total. The highest BCUT2D eigenvalue weighted by Crippen LogP contribution is 2.62. The van der Waals surface area contributed by atoms with E-state index in [0.29, 0.717) is 36.5 Å². The molecule has 0 saturated heterocycles. The summed E-state index contributed by atoms with van der Waals surface area (Å²) in [4.78, 5) is 4.53. The number of rotatable bonds is 6. The first kappa shape index (κ1) is 22.0. The van der Waals surface area contributed by atoms with Gasteiger partial charge in [0, 0.05) is 24.0 Å². The van der Waals surface area contributed by atoms with Crippen LogP contribution < -0.4 is 0 Å². The number of aliphatic hydroxyl groups is 2. The zero-order chi connectivity index (χ0) is 23.2. The van der Waals surface area contributed by atoms with Crippen molar-refractivity contribution in [1.82, 2.24) is 9.78 Å². The molecule has 2 N–H and O–H groups in total. The predicted molar refractivity (Wildman–Crippen MR) is 125 cm³/mol. The zero-order valence-corrected chi connectivity index (χ0v) is 19.1. The first-order valence-corrected chi connectivity index (χ1v) is 11.5. The van der Waals surface area contributed by atoms with Crippen molar-refractivity contribution in [3.05, 3.63) is 64.9 Å². The normalized spacial score (nSPS) is 27.2. The fraction of sp³-hybridized carbons (Fsp3) is 0.462. The van der Waals surface area contributed by atoms with E-state index in [0.717, 1.165) is 30.5 Å². The lowest BCUT2D eigenvalue weighted by Crippen LogP contribution is -2.45. The molecule has 1 fully saturated rings. The van der Waals surface area contributed by atoms with Gasteiger partial charge in [0.15, 0.2) is 0 Å². The first-order chi connectivity index (χ1) is 15.9. The molecule has 1 aliphatic heterocycles. The van der Waals surface area contributed by atoms with Gasteiger partial charge in [0.1, 0.15) is 17.3 Å². The number of aromatic nitrogens is 2. The van der Waals surface area contributed by atoms with Crippen LogP contribution in [0.5, 0.6) is 0 Å². The molecular weight excluding hydrogens is 421 g/mol. The number of aliphatic hydroxyl groups excluding tert-OH is 2. The average Bonchev–Trinajstić information content (AvgIpc) is 3.35. The van der Waals surface area contributed by atoms with E-state index in [1.807, 2.05) is 18.3 Å². The van der Waals surface area contributed by atoms with Crippen molar-refractivity contribution in [1.29, 1.82) is 0 Å². The number of nitrogens with zero attached hydrogens (tertiary/aromatic N) is 3. The molecular formula is C26H30FN3O3. The maximum absolute atomic E-state index is 13.8. The van der Waals surface area contributed by atoms with Crippen LogP contribution in [-0.2, 0) is 11.2 Å². The standard InChI is InChI=1S/C26H30FN3O3/c1-25-13-17-15-29-30(20-6-3-5-19(27)12-20)21(17)11-18(25)8-9-26(25,16-31)14-22(32)24-23(33-2)7-4-10-28-24/h3,5-7,11-12,15,22,31-32H,4,8-10,13-14,16H2,1-2H3/t22?,25-,26-/m0/s1. The smallest absolute Gasteiger partial charge is 0.138 e. The van der Waals surface area contributed by atoms with Crippen LogP contribution in [0.1, 0.15) is 43.9 Å². The molecule has 0 bridgehead atoms. The highest BCUT2D eigenvalue weighted by atomic mass is 19.1. The molecule has 3 atom stereocenters. The predicted octanol–water partition coefficient (Wildman–Crippen LogP) is 3.86. The lowest BCUT2D eigenvalue weighted by Gasteiger charge is -2.46. The molecule has 33 heavy (non-hydrogen) atoms. The van der Waals surface area contributed by atoms with Crippen molar-refractivity contribution in [3.8, 4) is 5.69 Å². The van der Waals surface area contributed by atoms with E-state index < -0.39 is 11.5 Å². The van der Waals surface area contributed by atoms with E-state index in [9.17, 15) is 14.6 Å². The summed E-state index contributed by atoms with van der Waals surface area (Å²) in [5.41, 5.74) is 3.71. The molecule has 7 heteroatoms. The van der Waals surface area contributed by atoms with Gasteiger partial charge in [-0.1, -0.05) is 18.6 Å². The number of fused-ring (bicyclic) bond motifs is 2. The summed E-state index contributed by atoms with van der Waals surface area (Å²) in [5.74, 6) is 0.331. The van der Waals surface area contributed by atoms with Gasteiger partial charge in [0.2, 0.25) is 0 Å². The number of dihydropyridines is 1. The number of hydrogen-bond acceptors (Lipinski definition) is 5. The molecule has 1 aromatic carbocycles. The first-order valence-electron chi connectivity index (χ1n) is 11.5. The van der Waals surface area contributed by atoms with Crippen molar-refractivity contribution < 1.29 is 19.3 Å². The van der Waals surface area contributed by atoms with E-state index in [1.165, 1.54) is 17.7 Å². The molecule has 2 aromatic rings. The van der Waals surface area contributed by atoms with E-state index in [4.69, 9.17) is 4.74 Å². The van der Waals surface area contributed by atoms with Crippen LogP contribution in [0.25, 0.3) is 11.8 Å². The minimum atomic E-state index is -0.809. The van der Waals surface area contributed by atoms with E-state index in [1.54, 1.807) is 17.9 Å². The van der Waals surface area contributed by atoms with Gasteiger partial charge in [-0.15, -0.1) is 0 Å². The Labute approximate surface area is 193 Å². The summed E-state index contributed by atoms with van der Waals surface area (Å²) in [7, 11) is 1.60. The summed E-state index contributed by atoms with van der Waals surface area (Å²) >= 11 is 0. The highest BCUT2D eigenvalue weighted by Gasteiger charge is 2.56. The molecule has 0 amide bonds. The van der Waals surface area contributed by atoms with Crippen LogP contribution in [0.2, 0.25) is 0 Å². The molecule has 5 rings (SSSR count). The van der Waals surface area contributed by atoms with Gasteiger partial charge in [0.25, 0.3) is 0 Å². The third-order valence-electron chi connectivity index (χ3n) is 7.96. The molecule has 0 spiro atoms. The molecule has 174 valence electrons. The number of benzene rings is 1. The monoisotopic (exact) mass is 451 g/mol. The Hall–Kier alpha value is -2.77. The van der Waals surface area contributed by atoms with Crippen LogP contribution in [0, 0.1) is 16.6 Å². The molecule has 1 aromatic heterocycles. The quantitative estimate of drug-likeness (QED) is 0.699. The number of halogens is 1. The average molecular weight is 452 g/mol. The lowest BCUT2D eigenvalue weighted by molar-refractivity contribution is 0.00142. The van der Waals surface area contributed by atoms with Crippen molar-refractivity contribution in [2.45, 2.75) is 45.1 Å². The lowest BCUT2D eigenvalue weighted by atomic mass is 9.59. The molecule has 1 saturated carbocycles. The summed E-state index contributed by atoms with van der Waals surface area (Å²) in [6, 6.07) is 6.43. The second kappa shape index (κ2) is 8.22. The SMILES string of the molecule is COC1=CCCN=C1C(O)C[C@]1(CO)CCC2=Cc3c(cnn3-c3cccc(F)c3)C[C@@]21C. The topological polar surface area (TPSA) is 79.9 Å². The molecule has 2 aliphatic carbocycles. The number of methoxy groups -OCH3 is 1. The Morgan fingerprint density at radius 3 is 2.94 bits per heavy atom. The van der Waals surface area contributed by atoms with E-state index in [-0.39, 0.29) is 17.8 Å². The fourth-order valence-corrected chi connectivity index (χ4v) is 5.97. The largest absolute Gasteiger partial charge is 0.495 e. The Morgan fingerprint density at radius 1 is 1.33 bits per heavy atom. The van der Waals surface area contributed by atoms with Gasteiger partial charge in [-0.25, -0.2) is 9.07 Å². The van der Waals surface area contributed by atoms with Crippen molar-refractivity contribution in [2.75, 3.05) is 20.3 Å². The minimum absolute atomic E-state index is 0.0232. The summed E-state index contributed by atoms with van der Waals surface area (Å²) in [5, 5.41) is 26.4. The Kier molecular flexibility index (Phi) is 5.49. The van der Waals surface area contributed by atoms with Crippen molar-refractivity contribution in [3.63, 3.8) is 0 Å². The second-order valence-electron chi connectivity index (χ2n) is 9.61. The highest BCUT2D eigenvalue weighted by molar-refractivity contribution is 6.02. The van der Waals surface area contributed by atoms with Crippen LogP contribution in [0.15, 0.2) is 52.9 Å². The number of hydrogen-bond donors (Lipinski definition) is 2. The summed E-state index contributed by atoms with van der Waals surface area (Å²) in [6.45, 7) is 2.80. The molecule has 2 heterocycles. The van der Waals surface area contributed by atoms with E-state index >= 15 is 0 Å². The minimum Gasteiger partial charge on any atom is -0.495 e. The van der Waals surface area contributed by atoms with Gasteiger partial charge in [0.05, 0.1) is 30.8 Å². The van der Waals surface area contributed by atoms with Crippen LogP contribution in [0.4, 0.5) is 4.39 Å².